The smallest absolute Gasteiger partial charge is 0.272 e. The Morgan fingerprint density at radius 3 is 2.74 bits per heavy atom. The summed E-state index contributed by atoms with van der Waals surface area (Å²) in [5.41, 5.74) is 2.06. The number of ether oxygens (including phenoxy) is 1. The number of carbonyl (C=O) groups excluding carboxylic acids is 1. The highest BCUT2D eigenvalue weighted by atomic mass is 35.5. The minimum absolute atomic E-state index is 0.204. The van der Waals surface area contributed by atoms with E-state index >= 15 is 0 Å². The summed E-state index contributed by atoms with van der Waals surface area (Å²) in [6, 6.07) is 5.00. The molecular weight excluding hydrogens is 318 g/mol. The molecule has 0 fully saturated rings. The maximum absolute atomic E-state index is 12.0. The summed E-state index contributed by atoms with van der Waals surface area (Å²) in [6.07, 6.45) is 3.15. The molecule has 3 heterocycles. The van der Waals surface area contributed by atoms with Crippen LogP contribution in [0.2, 0.25) is 5.02 Å². The number of methoxy groups -OCH3 is 1. The van der Waals surface area contributed by atoms with E-state index < -0.39 is 0 Å². The van der Waals surface area contributed by atoms with Crippen LogP contribution in [0.15, 0.2) is 35.0 Å². The molecule has 0 aliphatic rings. The lowest BCUT2D eigenvalue weighted by atomic mass is 10.1. The number of amides is 1. The summed E-state index contributed by atoms with van der Waals surface area (Å²) in [6.45, 7) is 0. The van der Waals surface area contributed by atoms with E-state index in [0.717, 1.165) is 0 Å². The second kappa shape index (κ2) is 5.89. The fraction of sp³-hybridized carbons (Fsp3) is 0.188. The standard InChI is InChI=1S/C16H14ClN3O3/c1-20(2)16(21)12-7-13(22-3)9(8-19-12)14-6-11-15(23-14)10(17)4-5-18-11/h4-8H,1-3H3. The molecule has 1 amide bonds. The molecule has 7 heteroatoms. The maximum atomic E-state index is 12.0. The van der Waals surface area contributed by atoms with Gasteiger partial charge in [-0.3, -0.25) is 14.8 Å². The Kier molecular flexibility index (Phi) is 3.92. The fourth-order valence-corrected chi connectivity index (χ4v) is 2.37. The van der Waals surface area contributed by atoms with Crippen molar-refractivity contribution in [1.82, 2.24) is 14.9 Å². The molecule has 0 atom stereocenters. The quantitative estimate of drug-likeness (QED) is 0.737. The Bertz CT molecular complexity index is 889. The molecule has 3 aromatic rings. The van der Waals surface area contributed by atoms with Gasteiger partial charge >= 0.3 is 0 Å². The van der Waals surface area contributed by atoms with Crippen LogP contribution in [0.5, 0.6) is 5.75 Å². The van der Waals surface area contributed by atoms with Crippen molar-refractivity contribution in [3.63, 3.8) is 0 Å². The topological polar surface area (TPSA) is 68.5 Å². The van der Waals surface area contributed by atoms with Crippen molar-refractivity contribution in [3.05, 3.63) is 41.3 Å². The Morgan fingerprint density at radius 1 is 1.30 bits per heavy atom. The van der Waals surface area contributed by atoms with E-state index in [1.807, 2.05) is 0 Å². The SMILES string of the molecule is COc1cc(C(=O)N(C)C)ncc1-c1cc2nccc(Cl)c2o1. The van der Waals surface area contributed by atoms with Gasteiger partial charge in [0, 0.05) is 38.6 Å². The van der Waals surface area contributed by atoms with Gasteiger partial charge in [-0.25, -0.2) is 0 Å². The summed E-state index contributed by atoms with van der Waals surface area (Å²) in [4.78, 5) is 21.9. The van der Waals surface area contributed by atoms with Crippen molar-refractivity contribution in [2.24, 2.45) is 0 Å². The molecule has 23 heavy (non-hydrogen) atoms. The molecule has 0 N–H and O–H groups in total. The summed E-state index contributed by atoms with van der Waals surface area (Å²) < 4.78 is 11.1. The second-order valence-corrected chi connectivity index (χ2v) is 5.49. The molecule has 3 rings (SSSR count). The number of aromatic nitrogens is 2. The molecule has 0 aliphatic carbocycles. The number of pyridine rings is 2. The molecule has 0 saturated heterocycles. The Labute approximate surface area is 137 Å². The Hall–Kier alpha value is -2.60. The highest BCUT2D eigenvalue weighted by molar-refractivity contribution is 6.34. The van der Waals surface area contributed by atoms with Crippen molar-refractivity contribution in [3.8, 4) is 17.1 Å². The summed E-state index contributed by atoms with van der Waals surface area (Å²) in [5, 5.41) is 0.479. The van der Waals surface area contributed by atoms with Crippen LogP contribution in [-0.2, 0) is 0 Å². The Balaban J connectivity index is 2.11. The number of rotatable bonds is 3. The van der Waals surface area contributed by atoms with Crippen LogP contribution >= 0.6 is 11.6 Å². The molecule has 3 aromatic heterocycles. The predicted octanol–water partition coefficient (Wildman–Crippen LogP) is 3.25. The number of furan rings is 1. The number of carbonyl (C=O) groups is 1. The first-order valence-corrected chi connectivity index (χ1v) is 7.19. The van der Waals surface area contributed by atoms with Crippen molar-refractivity contribution in [2.45, 2.75) is 0 Å². The predicted molar refractivity (Wildman–Crippen MR) is 86.8 cm³/mol. The van der Waals surface area contributed by atoms with E-state index in [-0.39, 0.29) is 5.91 Å². The van der Waals surface area contributed by atoms with Gasteiger partial charge in [0.1, 0.15) is 22.7 Å². The van der Waals surface area contributed by atoms with E-state index in [1.165, 1.54) is 12.0 Å². The molecule has 118 valence electrons. The first-order valence-electron chi connectivity index (χ1n) is 6.81. The zero-order valence-corrected chi connectivity index (χ0v) is 13.6. The van der Waals surface area contributed by atoms with Crippen molar-refractivity contribution >= 4 is 28.6 Å². The number of fused-ring (bicyclic) bond motifs is 1. The lowest BCUT2D eigenvalue weighted by molar-refractivity contribution is 0.0821. The molecular formula is C16H14ClN3O3. The normalized spacial score (nSPS) is 10.8. The van der Waals surface area contributed by atoms with Gasteiger partial charge < -0.3 is 14.1 Å². The Morgan fingerprint density at radius 2 is 2.09 bits per heavy atom. The number of hydrogen-bond donors (Lipinski definition) is 0. The van der Waals surface area contributed by atoms with Crippen molar-refractivity contribution in [2.75, 3.05) is 21.2 Å². The van der Waals surface area contributed by atoms with Crippen LogP contribution in [0.3, 0.4) is 0 Å². The molecule has 0 unspecified atom stereocenters. The van der Waals surface area contributed by atoms with E-state index in [0.29, 0.717) is 38.9 Å². The summed E-state index contributed by atoms with van der Waals surface area (Å²) in [7, 11) is 4.85. The zero-order chi connectivity index (χ0) is 16.6. The van der Waals surface area contributed by atoms with Gasteiger partial charge in [-0.2, -0.15) is 0 Å². The molecule has 6 nitrogen and oxygen atoms in total. The van der Waals surface area contributed by atoms with Gasteiger partial charge in [0.25, 0.3) is 5.91 Å². The van der Waals surface area contributed by atoms with Gasteiger partial charge in [-0.15, -0.1) is 0 Å². The van der Waals surface area contributed by atoms with E-state index in [9.17, 15) is 4.79 Å². The molecule has 0 bridgehead atoms. The monoisotopic (exact) mass is 331 g/mol. The van der Waals surface area contributed by atoms with Crippen LogP contribution in [-0.4, -0.2) is 42.0 Å². The third kappa shape index (κ3) is 2.73. The van der Waals surface area contributed by atoms with Gasteiger partial charge in [0.05, 0.1) is 17.7 Å². The average molecular weight is 332 g/mol. The minimum Gasteiger partial charge on any atom is -0.496 e. The molecule has 0 spiro atoms. The molecule has 0 aliphatic heterocycles. The molecule has 0 saturated carbocycles. The van der Waals surface area contributed by atoms with Crippen LogP contribution in [0, 0.1) is 0 Å². The van der Waals surface area contributed by atoms with E-state index in [2.05, 4.69) is 9.97 Å². The van der Waals surface area contributed by atoms with Crippen LogP contribution in [0.1, 0.15) is 10.5 Å². The van der Waals surface area contributed by atoms with Gasteiger partial charge in [-0.1, -0.05) is 11.6 Å². The highest BCUT2D eigenvalue weighted by Crippen LogP contribution is 2.35. The summed E-state index contributed by atoms with van der Waals surface area (Å²) >= 11 is 6.10. The van der Waals surface area contributed by atoms with Crippen molar-refractivity contribution in [1.29, 1.82) is 0 Å². The van der Waals surface area contributed by atoms with Crippen LogP contribution < -0.4 is 4.74 Å². The minimum atomic E-state index is -0.204. The van der Waals surface area contributed by atoms with E-state index in [1.54, 1.807) is 44.7 Å². The summed E-state index contributed by atoms with van der Waals surface area (Å²) in [5.74, 6) is 0.804. The van der Waals surface area contributed by atoms with Crippen LogP contribution in [0.4, 0.5) is 0 Å². The average Bonchev–Trinajstić information content (AvgIpc) is 2.98. The van der Waals surface area contributed by atoms with Crippen molar-refractivity contribution < 1.29 is 13.9 Å². The van der Waals surface area contributed by atoms with Gasteiger partial charge in [-0.05, 0) is 6.07 Å². The number of hydrogen-bond acceptors (Lipinski definition) is 5. The number of nitrogens with zero attached hydrogens (tertiary/aromatic N) is 3. The lowest BCUT2D eigenvalue weighted by Gasteiger charge is -2.11. The third-order valence-corrected chi connectivity index (χ3v) is 3.64. The zero-order valence-electron chi connectivity index (χ0n) is 12.8. The van der Waals surface area contributed by atoms with Gasteiger partial charge in [0.2, 0.25) is 0 Å². The first kappa shape index (κ1) is 15.3. The number of halogens is 1. The maximum Gasteiger partial charge on any atom is 0.272 e. The largest absolute Gasteiger partial charge is 0.496 e. The second-order valence-electron chi connectivity index (χ2n) is 5.09. The highest BCUT2D eigenvalue weighted by Gasteiger charge is 2.18. The lowest BCUT2D eigenvalue weighted by Crippen LogP contribution is -2.22. The van der Waals surface area contributed by atoms with Crippen LogP contribution in [0.25, 0.3) is 22.4 Å². The van der Waals surface area contributed by atoms with Gasteiger partial charge in [0.15, 0.2) is 5.58 Å². The molecule has 0 aromatic carbocycles. The first-order chi connectivity index (χ1) is 11.0. The molecule has 0 radical (unpaired) electrons. The fourth-order valence-electron chi connectivity index (χ4n) is 2.18. The van der Waals surface area contributed by atoms with E-state index in [4.69, 9.17) is 20.8 Å². The third-order valence-electron chi connectivity index (χ3n) is 3.34.